The molecule has 1 N–H and O–H groups in total. The highest BCUT2D eigenvalue weighted by Crippen LogP contribution is 2.18. The van der Waals surface area contributed by atoms with Gasteiger partial charge in [0.1, 0.15) is 5.75 Å². The summed E-state index contributed by atoms with van der Waals surface area (Å²) in [6.45, 7) is 3.04. The number of benzene rings is 1. The Morgan fingerprint density at radius 2 is 2.19 bits per heavy atom. The summed E-state index contributed by atoms with van der Waals surface area (Å²) < 4.78 is 7.47. The maximum absolute atomic E-state index is 12.5. The highest BCUT2D eigenvalue weighted by Gasteiger charge is 2.20. The molecule has 1 saturated heterocycles. The molecule has 1 aliphatic heterocycles. The van der Waals surface area contributed by atoms with Crippen molar-refractivity contribution in [2.24, 2.45) is 0 Å². The first-order valence-electron chi connectivity index (χ1n) is 8.90. The Bertz CT molecular complexity index is 734. The quantitative estimate of drug-likeness (QED) is 0.706. The Hall–Kier alpha value is -1.83. The summed E-state index contributed by atoms with van der Waals surface area (Å²) in [5.41, 5.74) is 0.391. The zero-order chi connectivity index (χ0) is 18.4. The van der Waals surface area contributed by atoms with Crippen molar-refractivity contribution in [2.75, 3.05) is 33.3 Å². The summed E-state index contributed by atoms with van der Waals surface area (Å²) >= 11 is 5.92. The van der Waals surface area contributed by atoms with Crippen LogP contribution in [0.3, 0.4) is 0 Å². The second kappa shape index (κ2) is 10.5. The molecule has 1 amide bonds. The van der Waals surface area contributed by atoms with Gasteiger partial charge in [0.15, 0.2) is 5.69 Å². The van der Waals surface area contributed by atoms with Crippen molar-refractivity contribution in [3.8, 4) is 5.75 Å². The van der Waals surface area contributed by atoms with Gasteiger partial charge in [0.2, 0.25) is 0 Å². The van der Waals surface area contributed by atoms with Crippen LogP contribution in [-0.4, -0.2) is 59.1 Å². The van der Waals surface area contributed by atoms with Crippen molar-refractivity contribution in [1.82, 2.24) is 25.2 Å². The molecule has 0 saturated carbocycles. The molecule has 148 valence electrons. The minimum absolute atomic E-state index is 0. The Kier molecular flexibility index (Phi) is 8.34. The van der Waals surface area contributed by atoms with E-state index in [0.29, 0.717) is 29.9 Å². The van der Waals surface area contributed by atoms with Crippen LogP contribution in [0.5, 0.6) is 5.75 Å². The summed E-state index contributed by atoms with van der Waals surface area (Å²) in [6.07, 6.45) is 4.50. The number of aromatic nitrogens is 3. The summed E-state index contributed by atoms with van der Waals surface area (Å²) in [5, 5.41) is 12.2. The molecule has 0 unspecified atom stereocenters. The lowest BCUT2D eigenvalue weighted by atomic mass is 10.1. The Morgan fingerprint density at radius 3 is 2.93 bits per heavy atom. The summed E-state index contributed by atoms with van der Waals surface area (Å²) in [7, 11) is 1.77. The van der Waals surface area contributed by atoms with Gasteiger partial charge < -0.3 is 15.0 Å². The van der Waals surface area contributed by atoms with E-state index in [9.17, 15) is 4.79 Å². The molecule has 0 radical (unpaired) electrons. The highest BCUT2D eigenvalue weighted by atomic mass is 35.5. The molecule has 0 atom stereocenters. The van der Waals surface area contributed by atoms with E-state index < -0.39 is 0 Å². The third-order valence-corrected chi connectivity index (χ3v) is 4.70. The van der Waals surface area contributed by atoms with Crippen LogP contribution in [0, 0.1) is 0 Å². The zero-order valence-electron chi connectivity index (χ0n) is 15.3. The largest absolute Gasteiger partial charge is 0.493 e. The van der Waals surface area contributed by atoms with E-state index in [1.165, 1.54) is 0 Å². The maximum atomic E-state index is 12.5. The molecule has 1 aromatic heterocycles. The van der Waals surface area contributed by atoms with Crippen molar-refractivity contribution in [1.29, 1.82) is 0 Å². The molecular formula is C18H25Cl2N5O2. The predicted molar refractivity (Wildman–Crippen MR) is 107 cm³/mol. The van der Waals surface area contributed by atoms with E-state index in [1.54, 1.807) is 30.3 Å². The topological polar surface area (TPSA) is 72.3 Å². The summed E-state index contributed by atoms with van der Waals surface area (Å²) in [5.74, 6) is 0.615. The second-order valence-electron chi connectivity index (χ2n) is 6.45. The molecule has 1 aliphatic rings. The van der Waals surface area contributed by atoms with E-state index in [0.717, 1.165) is 38.1 Å². The first kappa shape index (κ1) is 21.5. The molecule has 0 bridgehead atoms. The van der Waals surface area contributed by atoms with E-state index in [1.807, 2.05) is 16.8 Å². The highest BCUT2D eigenvalue weighted by molar-refractivity contribution is 6.30. The first-order chi connectivity index (χ1) is 12.6. The lowest BCUT2D eigenvalue weighted by molar-refractivity contribution is 0.0782. The fourth-order valence-electron chi connectivity index (χ4n) is 2.97. The predicted octanol–water partition coefficient (Wildman–Crippen LogP) is 2.82. The number of hydrogen-bond acceptors (Lipinski definition) is 5. The average molecular weight is 414 g/mol. The fraction of sp³-hybridized carbons (Fsp3) is 0.500. The molecule has 7 nitrogen and oxygen atoms in total. The number of rotatable bonds is 7. The Balaban J connectivity index is 0.00000261. The van der Waals surface area contributed by atoms with Crippen molar-refractivity contribution >= 4 is 29.9 Å². The van der Waals surface area contributed by atoms with Crippen molar-refractivity contribution < 1.29 is 9.53 Å². The standard InChI is InChI=1S/C18H24ClN5O2.ClH/c1-23(10-3-11-26-16-5-2-4-14(19)12-16)18(25)17-13-24(22-21-17)15-6-8-20-9-7-15;/h2,4-5,12-13,15,20H,3,6-11H2,1H3;1H. The first-order valence-corrected chi connectivity index (χ1v) is 9.27. The normalized spacial score (nSPS) is 14.4. The van der Waals surface area contributed by atoms with Gasteiger partial charge >= 0.3 is 0 Å². The van der Waals surface area contributed by atoms with Gasteiger partial charge in [0.05, 0.1) is 18.8 Å². The van der Waals surface area contributed by atoms with Crippen LogP contribution < -0.4 is 10.1 Å². The van der Waals surface area contributed by atoms with Gasteiger partial charge in [-0.25, -0.2) is 4.68 Å². The van der Waals surface area contributed by atoms with Gasteiger partial charge in [-0.3, -0.25) is 4.79 Å². The number of amides is 1. The van der Waals surface area contributed by atoms with Crippen LogP contribution in [0.25, 0.3) is 0 Å². The minimum atomic E-state index is -0.118. The monoisotopic (exact) mass is 413 g/mol. The van der Waals surface area contributed by atoms with E-state index in [2.05, 4.69) is 15.6 Å². The van der Waals surface area contributed by atoms with E-state index >= 15 is 0 Å². The molecule has 9 heteroatoms. The van der Waals surface area contributed by atoms with Crippen LogP contribution in [0.1, 0.15) is 35.8 Å². The minimum Gasteiger partial charge on any atom is -0.493 e. The molecule has 1 fully saturated rings. The Morgan fingerprint density at radius 1 is 1.41 bits per heavy atom. The lowest BCUT2D eigenvalue weighted by Crippen LogP contribution is -2.30. The van der Waals surface area contributed by atoms with Crippen molar-refractivity contribution in [2.45, 2.75) is 25.3 Å². The number of nitrogens with zero attached hydrogens (tertiary/aromatic N) is 4. The van der Waals surface area contributed by atoms with Gasteiger partial charge in [-0.05, 0) is 50.6 Å². The molecule has 2 heterocycles. The van der Waals surface area contributed by atoms with Gasteiger partial charge in [-0.2, -0.15) is 0 Å². The van der Waals surface area contributed by atoms with Gasteiger partial charge in [-0.1, -0.05) is 22.9 Å². The number of piperidine rings is 1. The van der Waals surface area contributed by atoms with Crippen LogP contribution in [0.2, 0.25) is 5.02 Å². The van der Waals surface area contributed by atoms with E-state index in [4.69, 9.17) is 16.3 Å². The van der Waals surface area contributed by atoms with Gasteiger partial charge in [0.25, 0.3) is 5.91 Å². The summed E-state index contributed by atoms with van der Waals surface area (Å²) in [4.78, 5) is 14.1. The summed E-state index contributed by atoms with van der Waals surface area (Å²) in [6, 6.07) is 7.60. The van der Waals surface area contributed by atoms with Gasteiger partial charge in [0, 0.05) is 18.6 Å². The molecule has 27 heavy (non-hydrogen) atoms. The molecule has 0 aliphatic carbocycles. The third kappa shape index (κ3) is 6.09. The van der Waals surface area contributed by atoms with Crippen LogP contribution in [0.4, 0.5) is 0 Å². The smallest absolute Gasteiger partial charge is 0.275 e. The number of carbonyl (C=O) groups is 1. The number of hydrogen-bond donors (Lipinski definition) is 1. The number of nitrogens with one attached hydrogen (secondary N) is 1. The lowest BCUT2D eigenvalue weighted by Gasteiger charge is -2.22. The van der Waals surface area contributed by atoms with Gasteiger partial charge in [-0.15, -0.1) is 17.5 Å². The average Bonchev–Trinajstić information content (AvgIpc) is 3.15. The Labute approximate surface area is 170 Å². The maximum Gasteiger partial charge on any atom is 0.275 e. The molecule has 3 rings (SSSR count). The molecule has 2 aromatic rings. The second-order valence-corrected chi connectivity index (χ2v) is 6.89. The van der Waals surface area contributed by atoms with Crippen LogP contribution >= 0.6 is 24.0 Å². The zero-order valence-corrected chi connectivity index (χ0v) is 16.9. The third-order valence-electron chi connectivity index (χ3n) is 4.46. The van der Waals surface area contributed by atoms with Crippen molar-refractivity contribution in [3.05, 3.63) is 41.2 Å². The molecule has 0 spiro atoms. The number of halogens is 2. The van der Waals surface area contributed by atoms with Crippen LogP contribution in [-0.2, 0) is 0 Å². The molecular weight excluding hydrogens is 389 g/mol. The molecule has 1 aromatic carbocycles. The SMILES string of the molecule is CN(CCCOc1cccc(Cl)c1)C(=O)c1cn(C2CCNCC2)nn1.Cl. The van der Waals surface area contributed by atoms with Crippen molar-refractivity contribution in [3.63, 3.8) is 0 Å². The number of carbonyl (C=O) groups excluding carboxylic acids is 1. The fourth-order valence-corrected chi connectivity index (χ4v) is 3.15. The van der Waals surface area contributed by atoms with E-state index in [-0.39, 0.29) is 18.3 Å². The number of ether oxygens (including phenoxy) is 1. The van der Waals surface area contributed by atoms with Crippen LogP contribution in [0.15, 0.2) is 30.5 Å².